The number of benzene rings is 1. The Bertz CT molecular complexity index is 543. The molecule has 0 saturated heterocycles. The molecule has 0 amide bonds. The molecule has 2 rings (SSSR count). The van der Waals surface area contributed by atoms with Crippen LogP contribution in [0.15, 0.2) is 28.8 Å². The fourth-order valence-electron chi connectivity index (χ4n) is 2.07. The van der Waals surface area contributed by atoms with Crippen LogP contribution in [0.5, 0.6) is 0 Å². The molecule has 0 spiro atoms. The van der Waals surface area contributed by atoms with Crippen molar-refractivity contribution in [1.82, 2.24) is 10.3 Å². The molecule has 1 aromatic heterocycles. The number of hydrogen-bond donors (Lipinski definition) is 1. The van der Waals surface area contributed by atoms with Gasteiger partial charge < -0.3 is 9.73 Å². The Morgan fingerprint density at radius 3 is 2.80 bits per heavy atom. The van der Waals surface area contributed by atoms with Gasteiger partial charge in [-0.15, -0.1) is 0 Å². The van der Waals surface area contributed by atoms with Crippen molar-refractivity contribution < 1.29 is 4.42 Å². The second kappa shape index (κ2) is 6.91. The fourth-order valence-corrected chi connectivity index (χ4v) is 2.36. The lowest BCUT2D eigenvalue weighted by Crippen LogP contribution is -2.23. The predicted octanol–water partition coefficient (Wildman–Crippen LogP) is 4.23. The van der Waals surface area contributed by atoms with E-state index in [0.717, 1.165) is 47.2 Å². The van der Waals surface area contributed by atoms with Crippen LogP contribution in [-0.2, 0) is 6.42 Å². The minimum absolute atomic E-state index is 0.518. The van der Waals surface area contributed by atoms with Crippen molar-refractivity contribution in [3.05, 3.63) is 40.9 Å². The molecule has 0 atom stereocenters. The zero-order chi connectivity index (χ0) is 14.5. The van der Waals surface area contributed by atoms with E-state index in [1.165, 1.54) is 0 Å². The molecule has 0 saturated carbocycles. The van der Waals surface area contributed by atoms with Gasteiger partial charge in [-0.2, -0.15) is 0 Å². The molecule has 2 aromatic rings. The third kappa shape index (κ3) is 4.36. The van der Waals surface area contributed by atoms with E-state index < -0.39 is 0 Å². The van der Waals surface area contributed by atoms with Crippen LogP contribution in [0.3, 0.4) is 0 Å². The van der Waals surface area contributed by atoms with Crippen LogP contribution < -0.4 is 5.32 Å². The van der Waals surface area contributed by atoms with Crippen molar-refractivity contribution in [3.8, 4) is 11.3 Å². The molecule has 0 aliphatic carbocycles. The molecule has 0 bridgehead atoms. The van der Waals surface area contributed by atoms with Crippen LogP contribution in [0.4, 0.5) is 0 Å². The smallest absolute Gasteiger partial charge is 0.194 e. The standard InChI is InChI=1S/C16H21ClN2O/c1-11(2)18-6-4-5-16-19-10-15(20-16)13-7-12(3)8-14(17)9-13/h7-11,18H,4-6H2,1-3H3. The maximum atomic E-state index is 6.07. The summed E-state index contributed by atoms with van der Waals surface area (Å²) < 4.78 is 5.79. The predicted molar refractivity (Wildman–Crippen MR) is 83.1 cm³/mol. The Labute approximate surface area is 125 Å². The van der Waals surface area contributed by atoms with Gasteiger partial charge in [0, 0.05) is 23.0 Å². The molecule has 20 heavy (non-hydrogen) atoms. The molecule has 4 heteroatoms. The number of hydrogen-bond acceptors (Lipinski definition) is 3. The highest BCUT2D eigenvalue weighted by molar-refractivity contribution is 6.30. The zero-order valence-corrected chi connectivity index (χ0v) is 13.0. The first kappa shape index (κ1) is 15.1. The molecule has 0 radical (unpaired) electrons. The van der Waals surface area contributed by atoms with E-state index in [0.29, 0.717) is 6.04 Å². The molecule has 0 unspecified atom stereocenters. The number of aromatic nitrogens is 1. The highest BCUT2D eigenvalue weighted by Gasteiger charge is 2.07. The van der Waals surface area contributed by atoms with Crippen molar-refractivity contribution in [3.63, 3.8) is 0 Å². The normalized spacial score (nSPS) is 11.2. The van der Waals surface area contributed by atoms with Gasteiger partial charge in [0.2, 0.25) is 0 Å². The summed E-state index contributed by atoms with van der Waals surface area (Å²) in [7, 11) is 0. The summed E-state index contributed by atoms with van der Waals surface area (Å²) in [5.74, 6) is 1.56. The van der Waals surface area contributed by atoms with Gasteiger partial charge in [0.1, 0.15) is 0 Å². The highest BCUT2D eigenvalue weighted by Crippen LogP contribution is 2.25. The summed E-state index contributed by atoms with van der Waals surface area (Å²) in [6, 6.07) is 6.40. The summed E-state index contributed by atoms with van der Waals surface area (Å²) in [6.07, 6.45) is 3.64. The molecule has 0 aliphatic heterocycles. The Morgan fingerprint density at radius 2 is 2.10 bits per heavy atom. The lowest BCUT2D eigenvalue weighted by molar-refractivity contribution is 0.484. The van der Waals surface area contributed by atoms with Crippen molar-refractivity contribution in [2.24, 2.45) is 0 Å². The topological polar surface area (TPSA) is 38.1 Å². The third-order valence-electron chi connectivity index (χ3n) is 3.00. The van der Waals surface area contributed by atoms with Crippen LogP contribution in [0, 0.1) is 6.92 Å². The number of oxazole rings is 1. The largest absolute Gasteiger partial charge is 0.441 e. The Kier molecular flexibility index (Phi) is 5.21. The minimum atomic E-state index is 0.518. The zero-order valence-electron chi connectivity index (χ0n) is 12.2. The summed E-state index contributed by atoms with van der Waals surface area (Å²) in [6.45, 7) is 7.28. The molecule has 0 aliphatic rings. The summed E-state index contributed by atoms with van der Waals surface area (Å²) in [5, 5.41) is 4.10. The second-order valence-electron chi connectivity index (χ2n) is 5.35. The van der Waals surface area contributed by atoms with Gasteiger partial charge >= 0.3 is 0 Å². The van der Waals surface area contributed by atoms with Crippen LogP contribution >= 0.6 is 11.6 Å². The molecule has 1 N–H and O–H groups in total. The number of rotatable bonds is 6. The van der Waals surface area contributed by atoms with Gasteiger partial charge in [-0.1, -0.05) is 25.4 Å². The van der Waals surface area contributed by atoms with E-state index in [9.17, 15) is 0 Å². The molecule has 108 valence electrons. The van der Waals surface area contributed by atoms with Gasteiger partial charge in [-0.25, -0.2) is 4.98 Å². The fraction of sp³-hybridized carbons (Fsp3) is 0.438. The van der Waals surface area contributed by atoms with Gasteiger partial charge in [0.25, 0.3) is 0 Å². The van der Waals surface area contributed by atoms with E-state index in [2.05, 4.69) is 30.2 Å². The Hall–Kier alpha value is -1.32. The van der Waals surface area contributed by atoms with Crippen molar-refractivity contribution in [2.75, 3.05) is 6.54 Å². The van der Waals surface area contributed by atoms with Crippen LogP contribution in [0.1, 0.15) is 31.7 Å². The van der Waals surface area contributed by atoms with E-state index in [1.54, 1.807) is 6.20 Å². The van der Waals surface area contributed by atoms with Crippen molar-refractivity contribution in [2.45, 2.75) is 39.7 Å². The van der Waals surface area contributed by atoms with Crippen LogP contribution in [0.25, 0.3) is 11.3 Å². The monoisotopic (exact) mass is 292 g/mol. The summed E-state index contributed by atoms with van der Waals surface area (Å²) >= 11 is 6.07. The Morgan fingerprint density at radius 1 is 1.30 bits per heavy atom. The number of halogens is 1. The highest BCUT2D eigenvalue weighted by atomic mass is 35.5. The van der Waals surface area contributed by atoms with E-state index in [1.807, 2.05) is 19.1 Å². The Balaban J connectivity index is 1.98. The van der Waals surface area contributed by atoms with Gasteiger partial charge in [-0.3, -0.25) is 0 Å². The third-order valence-corrected chi connectivity index (χ3v) is 3.22. The van der Waals surface area contributed by atoms with E-state index in [4.69, 9.17) is 16.0 Å². The first-order valence-corrected chi connectivity index (χ1v) is 7.38. The minimum Gasteiger partial charge on any atom is -0.441 e. The van der Waals surface area contributed by atoms with E-state index >= 15 is 0 Å². The molecule has 3 nitrogen and oxygen atoms in total. The van der Waals surface area contributed by atoms with E-state index in [-0.39, 0.29) is 0 Å². The van der Waals surface area contributed by atoms with Crippen LogP contribution in [0.2, 0.25) is 5.02 Å². The van der Waals surface area contributed by atoms with Gasteiger partial charge in [-0.05, 0) is 43.7 Å². The lowest BCUT2D eigenvalue weighted by Gasteiger charge is -2.06. The quantitative estimate of drug-likeness (QED) is 0.810. The molecule has 0 fully saturated rings. The maximum Gasteiger partial charge on any atom is 0.194 e. The molecular formula is C16H21ClN2O. The average Bonchev–Trinajstić information content (AvgIpc) is 2.82. The van der Waals surface area contributed by atoms with Crippen LogP contribution in [-0.4, -0.2) is 17.6 Å². The maximum absolute atomic E-state index is 6.07. The number of nitrogens with one attached hydrogen (secondary N) is 1. The summed E-state index contributed by atoms with van der Waals surface area (Å²) in [5.41, 5.74) is 2.10. The number of nitrogens with zero attached hydrogens (tertiary/aromatic N) is 1. The molecule has 1 heterocycles. The van der Waals surface area contributed by atoms with Gasteiger partial charge in [0.05, 0.1) is 6.20 Å². The van der Waals surface area contributed by atoms with Gasteiger partial charge in [0.15, 0.2) is 11.7 Å². The number of aryl methyl sites for hydroxylation is 2. The second-order valence-corrected chi connectivity index (χ2v) is 5.78. The lowest BCUT2D eigenvalue weighted by atomic mass is 10.1. The van der Waals surface area contributed by atoms with Crippen molar-refractivity contribution >= 4 is 11.6 Å². The summed E-state index contributed by atoms with van der Waals surface area (Å²) in [4.78, 5) is 4.33. The molecular weight excluding hydrogens is 272 g/mol. The molecule has 1 aromatic carbocycles. The first-order chi connectivity index (χ1) is 9.54. The average molecular weight is 293 g/mol. The van der Waals surface area contributed by atoms with Crippen molar-refractivity contribution in [1.29, 1.82) is 0 Å². The SMILES string of the molecule is Cc1cc(Cl)cc(-c2cnc(CCCNC(C)C)o2)c1. The first-order valence-electron chi connectivity index (χ1n) is 7.00.